The van der Waals surface area contributed by atoms with Gasteiger partial charge in [0.15, 0.2) is 24.0 Å². The molecule has 1 aliphatic rings. The van der Waals surface area contributed by atoms with Crippen molar-refractivity contribution in [3.63, 3.8) is 0 Å². The number of fused-ring (bicyclic) bond motifs is 1. The van der Waals surface area contributed by atoms with E-state index in [1.807, 2.05) is 0 Å². The van der Waals surface area contributed by atoms with Gasteiger partial charge in [0.05, 0.1) is 19.5 Å². The monoisotopic (exact) mass is 252 g/mol. The van der Waals surface area contributed by atoms with Crippen molar-refractivity contribution in [2.75, 3.05) is 24.7 Å². The molecule has 5 N–H and O–H groups in total. The maximum atomic E-state index is 8.94. The third-order valence-electron chi connectivity index (χ3n) is 2.66. The van der Waals surface area contributed by atoms with Crippen LogP contribution in [0.5, 0.6) is 0 Å². The lowest BCUT2D eigenvalue weighted by Gasteiger charge is -2.11. The SMILES string of the molecule is Nc1nc(N)c2ncn([C@H]3COC(CO)O3)c2n1. The summed E-state index contributed by atoms with van der Waals surface area (Å²) >= 11 is 0. The number of nitrogens with zero attached hydrogens (tertiary/aromatic N) is 4. The third kappa shape index (κ3) is 1.65. The summed E-state index contributed by atoms with van der Waals surface area (Å²) in [6, 6.07) is 0. The van der Waals surface area contributed by atoms with Gasteiger partial charge in [0, 0.05) is 0 Å². The number of aromatic nitrogens is 4. The van der Waals surface area contributed by atoms with Crippen molar-refractivity contribution in [1.29, 1.82) is 0 Å². The van der Waals surface area contributed by atoms with Gasteiger partial charge in [-0.15, -0.1) is 0 Å². The Balaban J connectivity index is 2.03. The predicted octanol–water partition coefficient (Wildman–Crippen LogP) is -1.15. The van der Waals surface area contributed by atoms with E-state index in [-0.39, 0.29) is 18.4 Å². The molecule has 0 amide bonds. The topological polar surface area (TPSA) is 134 Å². The molecule has 1 fully saturated rings. The normalized spacial score (nSPS) is 23.8. The van der Waals surface area contributed by atoms with Crippen LogP contribution in [0.4, 0.5) is 11.8 Å². The lowest BCUT2D eigenvalue weighted by molar-refractivity contribution is -0.0980. The van der Waals surface area contributed by atoms with Crippen LogP contribution in [0.2, 0.25) is 0 Å². The molecule has 9 heteroatoms. The molecule has 9 nitrogen and oxygen atoms in total. The number of rotatable bonds is 2. The Hall–Kier alpha value is -1.97. The van der Waals surface area contributed by atoms with Crippen molar-refractivity contribution in [3.8, 4) is 0 Å². The van der Waals surface area contributed by atoms with Crippen molar-refractivity contribution in [1.82, 2.24) is 19.5 Å². The van der Waals surface area contributed by atoms with Crippen molar-refractivity contribution in [2.24, 2.45) is 0 Å². The smallest absolute Gasteiger partial charge is 0.224 e. The van der Waals surface area contributed by atoms with E-state index in [1.54, 1.807) is 4.57 Å². The van der Waals surface area contributed by atoms with Crippen LogP contribution in [0, 0.1) is 0 Å². The van der Waals surface area contributed by atoms with Crippen molar-refractivity contribution < 1.29 is 14.6 Å². The zero-order valence-electron chi connectivity index (χ0n) is 9.35. The molecule has 0 spiro atoms. The fourth-order valence-corrected chi connectivity index (χ4v) is 1.85. The number of aliphatic hydroxyl groups is 1. The largest absolute Gasteiger partial charge is 0.391 e. The minimum absolute atomic E-state index is 0.0689. The number of anilines is 2. The fraction of sp³-hybridized carbons (Fsp3) is 0.444. The molecule has 1 unspecified atom stereocenters. The first kappa shape index (κ1) is 11.1. The highest BCUT2D eigenvalue weighted by atomic mass is 16.7. The Morgan fingerprint density at radius 1 is 1.44 bits per heavy atom. The average Bonchev–Trinajstić information content (AvgIpc) is 2.93. The molecular formula is C9H12N6O3. The molecule has 0 aromatic carbocycles. The minimum atomic E-state index is -0.635. The van der Waals surface area contributed by atoms with Crippen molar-refractivity contribution >= 4 is 22.9 Å². The zero-order valence-corrected chi connectivity index (χ0v) is 9.35. The summed E-state index contributed by atoms with van der Waals surface area (Å²) in [7, 11) is 0. The van der Waals surface area contributed by atoms with Crippen LogP contribution in [-0.4, -0.2) is 44.1 Å². The second-order valence-electron chi connectivity index (χ2n) is 3.83. The van der Waals surface area contributed by atoms with Crippen molar-refractivity contribution in [2.45, 2.75) is 12.5 Å². The van der Waals surface area contributed by atoms with E-state index in [2.05, 4.69) is 15.0 Å². The summed E-state index contributed by atoms with van der Waals surface area (Å²) in [6.45, 7) is 0.0862. The van der Waals surface area contributed by atoms with Crippen molar-refractivity contribution in [3.05, 3.63) is 6.33 Å². The van der Waals surface area contributed by atoms with E-state index in [0.717, 1.165) is 0 Å². The molecule has 3 rings (SSSR count). The summed E-state index contributed by atoms with van der Waals surface area (Å²) in [4.78, 5) is 12.0. The molecule has 0 aliphatic carbocycles. The quantitative estimate of drug-likeness (QED) is 0.610. The Kier molecular flexibility index (Phi) is 2.51. The minimum Gasteiger partial charge on any atom is -0.391 e. The van der Waals surface area contributed by atoms with Crippen LogP contribution in [0.3, 0.4) is 0 Å². The van der Waals surface area contributed by atoms with Gasteiger partial charge >= 0.3 is 0 Å². The first-order valence-corrected chi connectivity index (χ1v) is 5.32. The van der Waals surface area contributed by atoms with Gasteiger partial charge in [0.25, 0.3) is 0 Å². The number of hydrogen-bond donors (Lipinski definition) is 3. The van der Waals surface area contributed by atoms with Gasteiger partial charge in [-0.1, -0.05) is 0 Å². The Labute approximate surface area is 101 Å². The van der Waals surface area contributed by atoms with Gasteiger partial charge in [0.1, 0.15) is 5.52 Å². The lowest BCUT2D eigenvalue weighted by Crippen LogP contribution is -2.15. The zero-order chi connectivity index (χ0) is 12.7. The standard InChI is InChI=1S/C9H12N6O3/c10-7-6-8(14-9(11)13-7)15(3-12-6)4-2-17-5(1-16)18-4/h3-5,16H,1-2H2,(H4,10,11,13,14)/t4-,5?/m1/s1. The van der Waals surface area contributed by atoms with Crippen LogP contribution in [0.15, 0.2) is 6.33 Å². The molecule has 1 aliphatic heterocycles. The first-order valence-electron chi connectivity index (χ1n) is 5.32. The van der Waals surface area contributed by atoms with E-state index in [4.69, 9.17) is 26.0 Å². The van der Waals surface area contributed by atoms with Gasteiger partial charge in [-0.3, -0.25) is 4.57 Å². The first-order chi connectivity index (χ1) is 8.69. The Morgan fingerprint density at radius 2 is 2.28 bits per heavy atom. The average molecular weight is 252 g/mol. The maximum absolute atomic E-state index is 8.94. The maximum Gasteiger partial charge on any atom is 0.224 e. The highest BCUT2D eigenvalue weighted by Crippen LogP contribution is 2.26. The predicted molar refractivity (Wildman–Crippen MR) is 61.1 cm³/mol. The van der Waals surface area contributed by atoms with Crippen LogP contribution < -0.4 is 11.5 Å². The van der Waals surface area contributed by atoms with E-state index < -0.39 is 12.5 Å². The molecule has 0 bridgehead atoms. The molecule has 0 saturated carbocycles. The van der Waals surface area contributed by atoms with Crippen LogP contribution in [0.25, 0.3) is 11.2 Å². The number of aliphatic hydroxyl groups excluding tert-OH is 1. The molecule has 18 heavy (non-hydrogen) atoms. The molecule has 2 aromatic heterocycles. The van der Waals surface area contributed by atoms with Gasteiger partial charge in [-0.25, -0.2) is 4.98 Å². The van der Waals surface area contributed by atoms with E-state index in [1.165, 1.54) is 6.33 Å². The molecule has 96 valence electrons. The second-order valence-corrected chi connectivity index (χ2v) is 3.83. The van der Waals surface area contributed by atoms with Gasteiger partial charge < -0.3 is 26.0 Å². The molecule has 0 radical (unpaired) electrons. The molecule has 1 saturated heterocycles. The van der Waals surface area contributed by atoms with Crippen LogP contribution in [-0.2, 0) is 9.47 Å². The number of ether oxygens (including phenoxy) is 2. The van der Waals surface area contributed by atoms with E-state index in [9.17, 15) is 0 Å². The highest BCUT2D eigenvalue weighted by Gasteiger charge is 2.28. The van der Waals surface area contributed by atoms with Crippen LogP contribution >= 0.6 is 0 Å². The number of hydrogen-bond acceptors (Lipinski definition) is 8. The van der Waals surface area contributed by atoms with E-state index >= 15 is 0 Å². The van der Waals surface area contributed by atoms with Crippen LogP contribution in [0.1, 0.15) is 6.23 Å². The Morgan fingerprint density at radius 3 is 3.00 bits per heavy atom. The molecule has 2 atom stereocenters. The Bertz CT molecular complexity index is 585. The molecular weight excluding hydrogens is 240 g/mol. The summed E-state index contributed by atoms with van der Waals surface area (Å²) in [6.07, 6.45) is 0.480. The molecule has 2 aromatic rings. The summed E-state index contributed by atoms with van der Waals surface area (Å²) in [5.74, 6) is 0.285. The van der Waals surface area contributed by atoms with Gasteiger partial charge in [0.2, 0.25) is 5.95 Å². The second kappa shape index (κ2) is 4.05. The van der Waals surface area contributed by atoms with Gasteiger partial charge in [-0.2, -0.15) is 9.97 Å². The van der Waals surface area contributed by atoms with Gasteiger partial charge in [-0.05, 0) is 0 Å². The highest BCUT2D eigenvalue weighted by molar-refractivity contribution is 5.82. The summed E-state index contributed by atoms with van der Waals surface area (Å²) in [5.41, 5.74) is 12.2. The number of nitrogen functional groups attached to an aromatic ring is 2. The molecule has 3 heterocycles. The summed E-state index contributed by atoms with van der Waals surface area (Å²) in [5, 5.41) is 8.94. The van der Waals surface area contributed by atoms with E-state index in [0.29, 0.717) is 17.8 Å². The fourth-order valence-electron chi connectivity index (χ4n) is 1.85. The lowest BCUT2D eigenvalue weighted by atomic mass is 10.5. The third-order valence-corrected chi connectivity index (χ3v) is 2.66. The number of nitrogens with two attached hydrogens (primary N) is 2. The number of imidazole rings is 1. The summed E-state index contributed by atoms with van der Waals surface area (Å²) < 4.78 is 12.3.